The molecule has 1 aromatic carbocycles. The fourth-order valence-corrected chi connectivity index (χ4v) is 6.90. The minimum atomic E-state index is -2.67. The van der Waals surface area contributed by atoms with Crippen molar-refractivity contribution in [2.24, 2.45) is 17.6 Å². The smallest absolute Gasteiger partial charge is 0.255 e. The number of hydrogen-bond acceptors (Lipinski definition) is 12. The number of nitrogens with two attached hydrogens (primary N) is 1. The van der Waals surface area contributed by atoms with Gasteiger partial charge in [0.15, 0.2) is 16.5 Å². The minimum Gasteiger partial charge on any atom is -0.510 e. The molecule has 0 saturated heterocycles. The van der Waals surface area contributed by atoms with E-state index in [1.54, 1.807) is 31.7 Å². The van der Waals surface area contributed by atoms with Crippen molar-refractivity contribution in [1.29, 1.82) is 0 Å². The fourth-order valence-electron chi connectivity index (χ4n) is 6.37. The Balaban J connectivity index is 1.67. The summed E-state index contributed by atoms with van der Waals surface area (Å²) < 4.78 is 0. The molecule has 2 aromatic rings. The maximum atomic E-state index is 14.0. The van der Waals surface area contributed by atoms with E-state index in [-0.39, 0.29) is 36.3 Å². The average molecular weight is 570 g/mol. The lowest BCUT2D eigenvalue weighted by atomic mass is 9.58. The van der Waals surface area contributed by atoms with Crippen LogP contribution in [0.1, 0.15) is 27.9 Å². The largest absolute Gasteiger partial charge is 0.510 e. The maximum absolute atomic E-state index is 14.0. The van der Waals surface area contributed by atoms with Gasteiger partial charge in [-0.3, -0.25) is 19.3 Å². The first-order valence-electron chi connectivity index (χ1n) is 12.6. The van der Waals surface area contributed by atoms with Crippen LogP contribution in [0.5, 0.6) is 5.75 Å². The number of phenolic OH excluding ortho intramolecular Hbond substituents is 1. The Morgan fingerprint density at radius 1 is 1.23 bits per heavy atom. The number of primary amides is 1. The van der Waals surface area contributed by atoms with Crippen molar-refractivity contribution in [1.82, 2.24) is 9.88 Å². The molecule has 3 aliphatic carbocycles. The van der Waals surface area contributed by atoms with E-state index in [0.717, 1.165) is 0 Å². The molecular weight excluding hydrogens is 538 g/mol. The number of carbonyl (C=O) groups excluding carboxylic acids is 3. The summed E-state index contributed by atoms with van der Waals surface area (Å²) in [6, 6.07) is 0.752. The van der Waals surface area contributed by atoms with Crippen molar-refractivity contribution in [2.75, 3.05) is 38.4 Å². The summed E-state index contributed by atoms with van der Waals surface area (Å²) >= 11 is 1.38. The number of phenols is 1. The number of nitrogens with one attached hydrogen (secondary N) is 1. The number of aromatic nitrogens is 1. The van der Waals surface area contributed by atoms with Crippen LogP contribution in [0.3, 0.4) is 0 Å². The number of aliphatic hydroxyl groups is 3. The summed E-state index contributed by atoms with van der Waals surface area (Å²) in [5.41, 5.74) is 3.35. The summed E-state index contributed by atoms with van der Waals surface area (Å²) in [5.74, 6) is -6.71. The predicted molar refractivity (Wildman–Crippen MR) is 147 cm³/mol. The van der Waals surface area contributed by atoms with Crippen molar-refractivity contribution >= 4 is 39.6 Å². The Bertz CT molecular complexity index is 1500. The zero-order valence-electron chi connectivity index (χ0n) is 22.4. The number of amides is 1. The van der Waals surface area contributed by atoms with Crippen LogP contribution in [0.4, 0.5) is 10.8 Å². The summed E-state index contributed by atoms with van der Waals surface area (Å²) in [6.45, 7) is 0.163. The van der Waals surface area contributed by atoms with E-state index >= 15 is 0 Å². The number of aliphatic hydroxyl groups excluding tert-OH is 2. The second-order valence-corrected chi connectivity index (χ2v) is 11.7. The summed E-state index contributed by atoms with van der Waals surface area (Å²) in [6.07, 6.45) is 1.89. The van der Waals surface area contributed by atoms with Gasteiger partial charge >= 0.3 is 0 Å². The van der Waals surface area contributed by atoms with Crippen molar-refractivity contribution in [3.8, 4) is 5.75 Å². The maximum Gasteiger partial charge on any atom is 0.255 e. The summed E-state index contributed by atoms with van der Waals surface area (Å²) in [7, 11) is 6.81. The highest BCUT2D eigenvalue weighted by atomic mass is 32.1. The highest BCUT2D eigenvalue weighted by molar-refractivity contribution is 7.13. The molecule has 1 heterocycles. The zero-order chi connectivity index (χ0) is 29.3. The molecule has 0 fully saturated rings. The Morgan fingerprint density at radius 2 is 1.93 bits per heavy atom. The lowest BCUT2D eigenvalue weighted by Gasteiger charge is -2.50. The SMILES string of the molecule is CN(C)c1cc(CNc2nccs2)c(O)c2c1CC1CC3C(N(C)C)C(O)=C(C(N)=O)C(=O)[C@@]3(O)C(O)=C1C2=O. The Kier molecular flexibility index (Phi) is 6.63. The van der Waals surface area contributed by atoms with E-state index in [1.807, 2.05) is 19.0 Å². The number of carbonyl (C=O) groups is 3. The van der Waals surface area contributed by atoms with Gasteiger partial charge in [-0.1, -0.05) is 0 Å². The van der Waals surface area contributed by atoms with E-state index in [4.69, 9.17) is 5.73 Å². The quantitative estimate of drug-likeness (QED) is 0.275. The zero-order valence-corrected chi connectivity index (χ0v) is 23.2. The Morgan fingerprint density at radius 3 is 2.50 bits per heavy atom. The van der Waals surface area contributed by atoms with E-state index in [9.17, 15) is 34.8 Å². The molecule has 3 aliphatic rings. The third-order valence-electron chi connectivity index (χ3n) is 8.12. The van der Waals surface area contributed by atoms with Crippen molar-refractivity contribution in [3.63, 3.8) is 0 Å². The predicted octanol–water partition coefficient (Wildman–Crippen LogP) is 1.26. The van der Waals surface area contributed by atoms with Gasteiger partial charge in [0.2, 0.25) is 5.78 Å². The van der Waals surface area contributed by atoms with Gasteiger partial charge in [-0.05, 0) is 44.5 Å². The number of thiazole rings is 1. The van der Waals surface area contributed by atoms with Crippen LogP contribution in [0.15, 0.2) is 40.3 Å². The third-order valence-corrected chi connectivity index (χ3v) is 8.85. The van der Waals surface area contributed by atoms with Gasteiger partial charge in [-0.2, -0.15) is 0 Å². The van der Waals surface area contributed by atoms with Crippen molar-refractivity contribution in [3.05, 3.63) is 57.0 Å². The number of fused-ring (bicyclic) bond motifs is 3. The van der Waals surface area contributed by atoms with E-state index in [0.29, 0.717) is 21.9 Å². The summed E-state index contributed by atoms with van der Waals surface area (Å²) in [4.78, 5) is 47.2. The van der Waals surface area contributed by atoms with Gasteiger partial charge in [-0.25, -0.2) is 4.98 Å². The van der Waals surface area contributed by atoms with Crippen LogP contribution < -0.4 is 16.0 Å². The molecule has 3 unspecified atom stereocenters. The van der Waals surface area contributed by atoms with Gasteiger partial charge in [0, 0.05) is 55.0 Å². The van der Waals surface area contributed by atoms with Crippen LogP contribution in [-0.2, 0) is 22.6 Å². The number of nitrogens with zero attached hydrogens (tertiary/aromatic N) is 3. The molecular formula is C27H31N5O7S. The normalized spacial score (nSPS) is 26.0. The fraction of sp³-hybridized carbons (Fsp3) is 0.407. The first-order chi connectivity index (χ1) is 18.8. The van der Waals surface area contributed by atoms with Crippen LogP contribution in [0.2, 0.25) is 0 Å². The van der Waals surface area contributed by atoms with Gasteiger partial charge < -0.3 is 36.4 Å². The lowest BCUT2D eigenvalue weighted by molar-refractivity contribution is -0.148. The second kappa shape index (κ2) is 9.61. The number of allylic oxidation sites excluding steroid dienone is 1. The first-order valence-corrected chi connectivity index (χ1v) is 13.5. The molecule has 1 amide bonds. The average Bonchev–Trinajstić information content (AvgIpc) is 3.39. The third kappa shape index (κ3) is 3.87. The molecule has 0 saturated carbocycles. The lowest BCUT2D eigenvalue weighted by Crippen LogP contribution is -2.63. The number of aromatic hydroxyl groups is 1. The number of anilines is 2. The molecule has 212 valence electrons. The molecule has 1 aromatic heterocycles. The van der Waals surface area contributed by atoms with Crippen LogP contribution in [0, 0.1) is 11.8 Å². The number of benzene rings is 1. The molecule has 7 N–H and O–H groups in total. The molecule has 5 rings (SSSR count). The number of Topliss-reactive ketones (excluding diaryl/α,β-unsaturated/α-hetero) is 2. The van der Waals surface area contributed by atoms with Gasteiger partial charge in [-0.15, -0.1) is 11.3 Å². The van der Waals surface area contributed by atoms with E-state index in [1.165, 1.54) is 16.2 Å². The minimum absolute atomic E-state index is 0.0251. The van der Waals surface area contributed by atoms with Gasteiger partial charge in [0.25, 0.3) is 5.91 Å². The second-order valence-electron chi connectivity index (χ2n) is 10.8. The number of likely N-dealkylation sites (N-methyl/N-ethyl adjacent to an activating group) is 1. The molecule has 0 radical (unpaired) electrons. The monoisotopic (exact) mass is 569 g/mol. The molecule has 0 spiro atoms. The Labute approximate surface area is 234 Å². The van der Waals surface area contributed by atoms with Crippen LogP contribution in [0.25, 0.3) is 0 Å². The number of hydrogen-bond donors (Lipinski definition) is 6. The van der Waals surface area contributed by atoms with E-state index in [2.05, 4.69) is 10.3 Å². The highest BCUT2D eigenvalue weighted by Gasteiger charge is 2.63. The topological polar surface area (TPSA) is 190 Å². The summed E-state index contributed by atoms with van der Waals surface area (Å²) in [5, 5.41) is 51.0. The standard InChI is InChI=1S/C27H31N5O7S/c1-31(2)15-9-12(10-30-26-29-5-6-40-26)20(33)17-13(15)7-11-8-14-19(32(3)4)22(35)18(25(28)38)24(37)27(14,39)23(36)16(11)21(17)34/h5-6,9,11,14,19,33,35-36,39H,7-8,10H2,1-4H3,(H2,28,38)(H,29,30)/t11?,14?,19?,27-/m0/s1. The first kappa shape index (κ1) is 27.6. The number of ketones is 2. The number of rotatable bonds is 6. The van der Waals surface area contributed by atoms with Gasteiger partial charge in [0.1, 0.15) is 22.8 Å². The molecule has 4 atom stereocenters. The molecule has 12 nitrogen and oxygen atoms in total. The van der Waals surface area contributed by atoms with E-state index < -0.39 is 58.0 Å². The van der Waals surface area contributed by atoms with Crippen LogP contribution >= 0.6 is 11.3 Å². The molecule has 13 heteroatoms. The van der Waals surface area contributed by atoms with Gasteiger partial charge in [0.05, 0.1) is 11.6 Å². The molecule has 0 bridgehead atoms. The highest BCUT2D eigenvalue weighted by Crippen LogP contribution is 2.53. The van der Waals surface area contributed by atoms with Crippen molar-refractivity contribution < 1.29 is 34.8 Å². The molecule has 40 heavy (non-hydrogen) atoms. The Hall–Kier alpha value is -3.94. The van der Waals surface area contributed by atoms with Crippen molar-refractivity contribution in [2.45, 2.75) is 31.0 Å². The van der Waals surface area contributed by atoms with Crippen LogP contribution in [-0.4, -0.2) is 87.6 Å². The molecule has 0 aliphatic heterocycles.